The lowest BCUT2D eigenvalue weighted by Crippen LogP contribution is -2.40. The smallest absolute Gasteiger partial charge is 0.338 e. The Bertz CT molecular complexity index is 1750. The number of allylic oxidation sites excluding steroid dienone is 1. The van der Waals surface area contributed by atoms with Crippen molar-refractivity contribution in [1.82, 2.24) is 9.13 Å². The van der Waals surface area contributed by atoms with Crippen LogP contribution in [0.4, 0.5) is 0 Å². The van der Waals surface area contributed by atoms with Gasteiger partial charge in [-0.15, -0.1) is 0 Å². The number of carbonyl (C=O) groups excluding carboxylic acids is 1. The Balaban J connectivity index is 1.80. The maximum atomic E-state index is 13.9. The highest BCUT2D eigenvalue weighted by Crippen LogP contribution is 2.32. The van der Waals surface area contributed by atoms with E-state index in [1.807, 2.05) is 79.1 Å². The number of fused-ring (bicyclic) bond motifs is 2. The van der Waals surface area contributed by atoms with E-state index >= 15 is 0 Å². The molecule has 0 saturated carbocycles. The van der Waals surface area contributed by atoms with Crippen LogP contribution in [-0.4, -0.2) is 22.2 Å². The minimum absolute atomic E-state index is 0.220. The van der Waals surface area contributed by atoms with E-state index in [9.17, 15) is 14.9 Å². The third-order valence-corrected chi connectivity index (χ3v) is 7.53. The van der Waals surface area contributed by atoms with E-state index in [2.05, 4.69) is 6.07 Å². The quantitative estimate of drug-likeness (QED) is 0.395. The number of nitrogens with zero attached hydrogens (tertiary/aromatic N) is 4. The predicted molar refractivity (Wildman–Crippen MR) is 139 cm³/mol. The van der Waals surface area contributed by atoms with Crippen molar-refractivity contribution in [1.29, 1.82) is 5.26 Å². The Morgan fingerprint density at radius 2 is 1.92 bits per heavy atom. The molecule has 0 bridgehead atoms. The summed E-state index contributed by atoms with van der Waals surface area (Å²) in [5, 5.41) is 10.3. The molecule has 1 aliphatic heterocycles. The molecular formula is C28H24N4O3S. The van der Waals surface area contributed by atoms with Crippen molar-refractivity contribution >= 4 is 34.3 Å². The third-order valence-electron chi connectivity index (χ3n) is 6.55. The van der Waals surface area contributed by atoms with Gasteiger partial charge in [-0.05, 0) is 31.1 Å². The summed E-state index contributed by atoms with van der Waals surface area (Å²) in [5.74, 6) is -0.492. The zero-order chi connectivity index (χ0) is 25.4. The molecular weight excluding hydrogens is 472 g/mol. The molecule has 8 heteroatoms. The van der Waals surface area contributed by atoms with E-state index in [4.69, 9.17) is 9.73 Å². The molecule has 0 N–H and O–H groups in total. The first-order valence-corrected chi connectivity index (χ1v) is 12.4. The van der Waals surface area contributed by atoms with Gasteiger partial charge in [0.15, 0.2) is 4.80 Å². The number of rotatable bonds is 5. The maximum absolute atomic E-state index is 13.9. The van der Waals surface area contributed by atoms with Crippen molar-refractivity contribution in [2.75, 3.05) is 7.11 Å². The lowest BCUT2D eigenvalue weighted by molar-refractivity contribution is -0.136. The summed E-state index contributed by atoms with van der Waals surface area (Å²) in [6, 6.07) is 18.9. The van der Waals surface area contributed by atoms with Gasteiger partial charge in [-0.1, -0.05) is 66.8 Å². The van der Waals surface area contributed by atoms with Crippen LogP contribution in [0.25, 0.3) is 17.0 Å². The number of methoxy groups -OCH3 is 1. The topological polar surface area (TPSA) is 89.4 Å². The molecule has 0 fully saturated rings. The molecule has 3 heterocycles. The first-order chi connectivity index (χ1) is 17.5. The van der Waals surface area contributed by atoms with Crippen LogP contribution in [0.5, 0.6) is 0 Å². The Morgan fingerprint density at radius 3 is 2.61 bits per heavy atom. The molecule has 5 rings (SSSR count). The molecule has 1 aliphatic rings. The first kappa shape index (κ1) is 23.5. The third kappa shape index (κ3) is 3.69. The van der Waals surface area contributed by atoms with Gasteiger partial charge >= 0.3 is 5.97 Å². The number of hydrogen-bond donors (Lipinski definition) is 0. The Morgan fingerprint density at radius 1 is 1.19 bits per heavy atom. The van der Waals surface area contributed by atoms with Crippen molar-refractivity contribution in [2.45, 2.75) is 32.9 Å². The predicted octanol–water partition coefficient (Wildman–Crippen LogP) is 3.59. The number of para-hydroxylation sites is 1. The molecule has 0 aliphatic carbocycles. The lowest BCUT2D eigenvalue weighted by atomic mass is 9.95. The number of nitriles is 1. The standard InChI is InChI=1S/C28H24N4O3S/c1-4-21-24(27(34)35-3)25(18-10-6-5-7-11-18)32-26(33)23(36-28(32)30-21)16-20-17(2)31(15-14-29)22-13-9-8-12-19(20)22/h5-13,16,25H,4,15H2,1-3H3/b23-16+/t25-/m1/s1. The van der Waals surface area contributed by atoms with Crippen LogP contribution >= 0.6 is 11.3 Å². The molecule has 0 radical (unpaired) electrons. The van der Waals surface area contributed by atoms with Crippen LogP contribution in [-0.2, 0) is 16.1 Å². The maximum Gasteiger partial charge on any atom is 0.338 e. The van der Waals surface area contributed by atoms with E-state index < -0.39 is 12.0 Å². The summed E-state index contributed by atoms with van der Waals surface area (Å²) in [6.07, 6.45) is 2.41. The summed E-state index contributed by atoms with van der Waals surface area (Å²) in [6.45, 7) is 4.11. The summed E-state index contributed by atoms with van der Waals surface area (Å²) >= 11 is 1.30. The highest BCUT2D eigenvalue weighted by molar-refractivity contribution is 7.07. The zero-order valence-corrected chi connectivity index (χ0v) is 21.0. The number of aromatic nitrogens is 2. The fourth-order valence-electron chi connectivity index (χ4n) is 4.86. The number of ether oxygens (including phenoxy) is 1. The SMILES string of the molecule is CCC1=C(C(=O)OC)[C@@H](c2ccccc2)n2c(s/c(=C/c3c(C)n(CC#N)c4ccccc34)c2=O)=N1. The first-order valence-electron chi connectivity index (χ1n) is 11.6. The molecule has 0 amide bonds. The fraction of sp³-hybridized carbons (Fsp3) is 0.214. The Kier molecular flexibility index (Phi) is 6.17. The number of esters is 1. The minimum Gasteiger partial charge on any atom is -0.466 e. The number of benzene rings is 2. The van der Waals surface area contributed by atoms with Crippen molar-refractivity contribution in [3.8, 4) is 6.07 Å². The van der Waals surface area contributed by atoms with Gasteiger partial charge in [0.25, 0.3) is 5.56 Å². The Labute approximate surface area is 211 Å². The molecule has 4 aromatic rings. The molecule has 36 heavy (non-hydrogen) atoms. The van der Waals surface area contributed by atoms with Crippen LogP contribution < -0.4 is 14.9 Å². The second-order valence-corrected chi connectivity index (χ2v) is 9.47. The van der Waals surface area contributed by atoms with Crippen LogP contribution in [0.1, 0.15) is 36.2 Å². The zero-order valence-electron chi connectivity index (χ0n) is 20.2. The van der Waals surface area contributed by atoms with Gasteiger partial charge in [0.1, 0.15) is 6.54 Å². The van der Waals surface area contributed by atoms with Crippen molar-refractivity contribution in [2.24, 2.45) is 4.99 Å². The molecule has 1 atom stereocenters. The van der Waals surface area contributed by atoms with Crippen molar-refractivity contribution < 1.29 is 9.53 Å². The highest BCUT2D eigenvalue weighted by atomic mass is 32.1. The number of carbonyl (C=O) groups is 1. The van der Waals surface area contributed by atoms with Crippen LogP contribution in [0.15, 0.2) is 75.7 Å². The largest absolute Gasteiger partial charge is 0.466 e. The van der Waals surface area contributed by atoms with Crippen molar-refractivity contribution in [3.05, 3.63) is 102 Å². The average Bonchev–Trinajstić information content (AvgIpc) is 3.36. The van der Waals surface area contributed by atoms with E-state index in [1.165, 1.54) is 18.4 Å². The van der Waals surface area contributed by atoms with Crippen LogP contribution in [0.2, 0.25) is 0 Å². The van der Waals surface area contributed by atoms with Crippen LogP contribution in [0, 0.1) is 18.3 Å². The average molecular weight is 497 g/mol. The highest BCUT2D eigenvalue weighted by Gasteiger charge is 2.33. The lowest BCUT2D eigenvalue weighted by Gasteiger charge is -2.25. The number of thiazole rings is 1. The summed E-state index contributed by atoms with van der Waals surface area (Å²) < 4.78 is 9.18. The van der Waals surface area contributed by atoms with Gasteiger partial charge in [-0.2, -0.15) is 5.26 Å². The minimum atomic E-state index is -0.631. The second-order valence-electron chi connectivity index (χ2n) is 8.46. The monoisotopic (exact) mass is 496 g/mol. The van der Waals surface area contributed by atoms with Gasteiger partial charge < -0.3 is 9.30 Å². The van der Waals surface area contributed by atoms with E-state index in [0.29, 0.717) is 27.0 Å². The van der Waals surface area contributed by atoms with Gasteiger partial charge in [-0.3, -0.25) is 9.36 Å². The normalized spacial score (nSPS) is 15.5. The van der Waals surface area contributed by atoms with Gasteiger partial charge in [0, 0.05) is 22.2 Å². The van der Waals surface area contributed by atoms with E-state index in [-0.39, 0.29) is 12.1 Å². The Hall–Kier alpha value is -4.22. The fourth-order valence-corrected chi connectivity index (χ4v) is 5.86. The molecule has 2 aromatic carbocycles. The van der Waals surface area contributed by atoms with E-state index in [0.717, 1.165) is 27.7 Å². The molecule has 2 aromatic heterocycles. The van der Waals surface area contributed by atoms with E-state index in [1.54, 1.807) is 4.57 Å². The van der Waals surface area contributed by atoms with Crippen LogP contribution in [0.3, 0.4) is 0 Å². The molecule has 180 valence electrons. The van der Waals surface area contributed by atoms with Gasteiger partial charge in [-0.25, -0.2) is 9.79 Å². The van der Waals surface area contributed by atoms with Crippen molar-refractivity contribution in [3.63, 3.8) is 0 Å². The summed E-state index contributed by atoms with van der Waals surface area (Å²) in [7, 11) is 1.34. The second kappa shape index (κ2) is 9.44. The molecule has 7 nitrogen and oxygen atoms in total. The van der Waals surface area contributed by atoms with Gasteiger partial charge in [0.2, 0.25) is 0 Å². The summed E-state index contributed by atoms with van der Waals surface area (Å²) in [4.78, 5) is 32.1. The number of hydrogen-bond acceptors (Lipinski definition) is 6. The van der Waals surface area contributed by atoms with Gasteiger partial charge in [0.05, 0.1) is 35.0 Å². The summed E-state index contributed by atoms with van der Waals surface area (Å²) in [5.41, 5.74) is 4.34. The molecule has 0 unspecified atom stereocenters. The molecule has 0 spiro atoms. The molecule has 0 saturated heterocycles.